The normalized spacial score (nSPS) is 18.9. The van der Waals surface area contributed by atoms with Gasteiger partial charge in [-0.25, -0.2) is 0 Å². The fourth-order valence-corrected chi connectivity index (χ4v) is 4.08. The second-order valence-electron chi connectivity index (χ2n) is 6.10. The van der Waals surface area contributed by atoms with Crippen LogP contribution in [0.1, 0.15) is 43.8 Å². The molecule has 1 unspecified atom stereocenters. The van der Waals surface area contributed by atoms with Crippen LogP contribution in [-0.4, -0.2) is 37.9 Å². The molecule has 0 spiro atoms. The van der Waals surface area contributed by atoms with Crippen LogP contribution in [0.25, 0.3) is 0 Å². The quantitative estimate of drug-likeness (QED) is 0.549. The van der Waals surface area contributed by atoms with Gasteiger partial charge in [-0.05, 0) is 43.5 Å². The molecule has 0 aromatic heterocycles. The van der Waals surface area contributed by atoms with Crippen molar-refractivity contribution in [2.45, 2.75) is 43.7 Å². The molecule has 0 aliphatic heterocycles. The zero-order valence-corrected chi connectivity index (χ0v) is 14.9. The van der Waals surface area contributed by atoms with E-state index in [0.29, 0.717) is 18.0 Å². The average molecular weight is 362 g/mol. The fourth-order valence-electron chi connectivity index (χ4n) is 3.45. The average Bonchev–Trinajstić information content (AvgIpc) is 2.95. The van der Waals surface area contributed by atoms with Crippen LogP contribution in [-0.2, 0) is 14.9 Å². The Bertz CT molecular complexity index is 597. The summed E-state index contributed by atoms with van der Waals surface area (Å²) in [7, 11) is -2.21. The van der Waals surface area contributed by atoms with Crippen molar-refractivity contribution in [2.75, 3.05) is 19.4 Å². The molecule has 2 rings (SSSR count). The summed E-state index contributed by atoms with van der Waals surface area (Å²) in [4.78, 5) is 0. The maximum absolute atomic E-state index is 10.8. The molecule has 1 fully saturated rings. The topological polar surface area (TPSA) is 75.6 Å². The van der Waals surface area contributed by atoms with Crippen molar-refractivity contribution in [3.05, 3.63) is 34.9 Å². The smallest absolute Gasteiger partial charge is 0.264 e. The Hall–Kier alpha value is -0.660. The first kappa shape index (κ1) is 18.7. The SMILES string of the molecule is COC(c1ccc(Cl)cc1)C1(NCCCS(=O)(=O)O)CCCC1. The van der Waals surface area contributed by atoms with Gasteiger partial charge >= 0.3 is 0 Å². The molecule has 0 heterocycles. The lowest BCUT2D eigenvalue weighted by Gasteiger charge is -2.38. The van der Waals surface area contributed by atoms with Crippen LogP contribution < -0.4 is 5.32 Å². The number of halogens is 1. The Labute approximate surface area is 143 Å². The largest absolute Gasteiger partial charge is 0.375 e. The molecule has 0 amide bonds. The van der Waals surface area contributed by atoms with Crippen molar-refractivity contribution < 1.29 is 17.7 Å². The van der Waals surface area contributed by atoms with Crippen LogP contribution in [0.2, 0.25) is 5.02 Å². The predicted octanol–water partition coefficient (Wildman–Crippen LogP) is 3.21. The lowest BCUT2D eigenvalue weighted by molar-refractivity contribution is 0.0171. The Morgan fingerprint density at radius 3 is 2.43 bits per heavy atom. The first-order valence-corrected chi connectivity index (χ1v) is 9.83. The molecule has 1 aromatic carbocycles. The van der Waals surface area contributed by atoms with Gasteiger partial charge in [-0.3, -0.25) is 4.55 Å². The van der Waals surface area contributed by atoms with E-state index in [0.717, 1.165) is 31.2 Å². The number of hydrogen-bond donors (Lipinski definition) is 2. The maximum Gasteiger partial charge on any atom is 0.264 e. The summed E-state index contributed by atoms with van der Waals surface area (Å²) < 4.78 is 36.3. The van der Waals surface area contributed by atoms with Gasteiger partial charge < -0.3 is 10.1 Å². The molecule has 0 radical (unpaired) electrons. The van der Waals surface area contributed by atoms with Crippen molar-refractivity contribution in [3.63, 3.8) is 0 Å². The van der Waals surface area contributed by atoms with Crippen LogP contribution in [0.4, 0.5) is 0 Å². The molecule has 5 nitrogen and oxygen atoms in total. The third-order valence-electron chi connectivity index (χ3n) is 4.46. The molecule has 1 aromatic rings. The molecule has 2 N–H and O–H groups in total. The van der Waals surface area contributed by atoms with Gasteiger partial charge in [0.15, 0.2) is 0 Å². The second-order valence-corrected chi connectivity index (χ2v) is 8.11. The van der Waals surface area contributed by atoms with Crippen LogP contribution >= 0.6 is 11.6 Å². The van der Waals surface area contributed by atoms with E-state index in [1.165, 1.54) is 0 Å². The highest BCUT2D eigenvalue weighted by Crippen LogP contribution is 2.42. The monoisotopic (exact) mass is 361 g/mol. The third-order valence-corrected chi connectivity index (χ3v) is 5.52. The highest BCUT2D eigenvalue weighted by atomic mass is 35.5. The zero-order chi connectivity index (χ0) is 16.9. The van der Waals surface area contributed by atoms with Gasteiger partial charge in [0, 0.05) is 17.7 Å². The molecular formula is C16H24ClNO4S. The number of methoxy groups -OCH3 is 1. The standard InChI is InChI=1S/C16H24ClNO4S/c1-22-15(13-5-7-14(17)8-6-13)16(9-2-3-10-16)18-11-4-12-23(19,20)21/h5-8,15,18H,2-4,9-12H2,1H3,(H,19,20,21). The van der Waals surface area contributed by atoms with Crippen molar-refractivity contribution in [2.24, 2.45) is 0 Å². The Morgan fingerprint density at radius 2 is 1.91 bits per heavy atom. The minimum Gasteiger partial charge on any atom is -0.375 e. The minimum absolute atomic E-state index is 0.118. The Balaban J connectivity index is 2.09. The molecule has 0 bridgehead atoms. The van der Waals surface area contributed by atoms with Gasteiger partial charge in [0.05, 0.1) is 5.75 Å². The van der Waals surface area contributed by atoms with Crippen molar-refractivity contribution in [1.29, 1.82) is 0 Å². The predicted molar refractivity (Wildman–Crippen MR) is 91.4 cm³/mol. The van der Waals surface area contributed by atoms with Gasteiger partial charge in [0.25, 0.3) is 10.1 Å². The summed E-state index contributed by atoms with van der Waals surface area (Å²) in [5.41, 5.74) is 0.850. The molecule has 130 valence electrons. The summed E-state index contributed by atoms with van der Waals surface area (Å²) >= 11 is 5.96. The minimum atomic E-state index is -3.91. The number of hydrogen-bond acceptors (Lipinski definition) is 4. The van der Waals surface area contributed by atoms with Crippen LogP contribution in [0, 0.1) is 0 Å². The lowest BCUT2D eigenvalue weighted by Crippen LogP contribution is -2.49. The van der Waals surface area contributed by atoms with Crippen LogP contribution in [0.5, 0.6) is 0 Å². The number of nitrogens with one attached hydrogen (secondary N) is 1. The van der Waals surface area contributed by atoms with Crippen LogP contribution in [0.3, 0.4) is 0 Å². The van der Waals surface area contributed by atoms with Crippen LogP contribution in [0.15, 0.2) is 24.3 Å². The number of ether oxygens (including phenoxy) is 1. The summed E-state index contributed by atoms with van der Waals surface area (Å²) in [5.74, 6) is -0.228. The molecular weight excluding hydrogens is 338 g/mol. The molecule has 1 aliphatic carbocycles. The third kappa shape index (κ3) is 5.16. The van der Waals surface area contributed by atoms with E-state index >= 15 is 0 Å². The van der Waals surface area contributed by atoms with Gasteiger partial charge in [-0.2, -0.15) is 8.42 Å². The first-order chi connectivity index (χ1) is 10.9. The number of benzene rings is 1. The summed E-state index contributed by atoms with van der Waals surface area (Å²) in [6.07, 6.45) is 4.42. The van der Waals surface area contributed by atoms with Crippen molar-refractivity contribution in [1.82, 2.24) is 5.32 Å². The summed E-state index contributed by atoms with van der Waals surface area (Å²) in [6.45, 7) is 0.521. The summed E-state index contributed by atoms with van der Waals surface area (Å²) in [6, 6.07) is 7.64. The number of rotatable bonds is 8. The van der Waals surface area contributed by atoms with Gasteiger partial charge in [-0.1, -0.05) is 36.6 Å². The Kier molecular flexibility index (Phi) is 6.45. The molecule has 1 saturated carbocycles. The van der Waals surface area contributed by atoms with Crippen molar-refractivity contribution in [3.8, 4) is 0 Å². The van der Waals surface area contributed by atoms with Gasteiger partial charge in [-0.15, -0.1) is 0 Å². The highest BCUT2D eigenvalue weighted by Gasteiger charge is 2.41. The van der Waals surface area contributed by atoms with E-state index in [1.54, 1.807) is 7.11 Å². The zero-order valence-electron chi connectivity index (χ0n) is 13.3. The Morgan fingerprint density at radius 1 is 1.30 bits per heavy atom. The van der Waals surface area contributed by atoms with E-state index in [-0.39, 0.29) is 17.4 Å². The summed E-state index contributed by atoms with van der Waals surface area (Å²) in [5, 5.41) is 4.18. The molecule has 0 saturated heterocycles. The van der Waals surface area contributed by atoms with E-state index in [9.17, 15) is 8.42 Å². The molecule has 1 aliphatic rings. The lowest BCUT2D eigenvalue weighted by atomic mass is 9.85. The van der Waals surface area contributed by atoms with Crippen molar-refractivity contribution >= 4 is 21.7 Å². The fraction of sp³-hybridized carbons (Fsp3) is 0.625. The van der Waals surface area contributed by atoms with Gasteiger partial charge in [0.1, 0.15) is 6.10 Å². The van der Waals surface area contributed by atoms with E-state index in [4.69, 9.17) is 20.9 Å². The maximum atomic E-state index is 10.8. The highest BCUT2D eigenvalue weighted by molar-refractivity contribution is 7.85. The molecule has 7 heteroatoms. The van der Waals surface area contributed by atoms with Gasteiger partial charge in [0.2, 0.25) is 0 Å². The first-order valence-electron chi connectivity index (χ1n) is 7.85. The molecule has 1 atom stereocenters. The molecule has 23 heavy (non-hydrogen) atoms. The second kappa shape index (κ2) is 7.94. The van der Waals surface area contributed by atoms with E-state index < -0.39 is 10.1 Å². The van der Waals surface area contributed by atoms with E-state index in [1.807, 2.05) is 24.3 Å². The van der Waals surface area contributed by atoms with E-state index in [2.05, 4.69) is 5.32 Å².